The number of hydrogen-bond acceptors (Lipinski definition) is 5. The van der Waals surface area contributed by atoms with Crippen molar-refractivity contribution in [3.8, 4) is 0 Å². The summed E-state index contributed by atoms with van der Waals surface area (Å²) in [5.74, 6) is 0.116. The van der Waals surface area contributed by atoms with Crippen molar-refractivity contribution in [2.24, 2.45) is 10.2 Å². The Morgan fingerprint density at radius 3 is 1.47 bits per heavy atom. The van der Waals surface area contributed by atoms with Gasteiger partial charge < -0.3 is 0 Å². The number of Topliss-reactive ketones (excluding diaryl/α,β-unsaturated/α-hetero) is 1. The summed E-state index contributed by atoms with van der Waals surface area (Å²) in [5.41, 5.74) is 3.98. The van der Waals surface area contributed by atoms with Crippen LogP contribution in [0.5, 0.6) is 0 Å². The molecule has 0 spiro atoms. The van der Waals surface area contributed by atoms with E-state index in [4.69, 9.17) is 10.2 Å². The summed E-state index contributed by atoms with van der Waals surface area (Å²) in [6.45, 7) is 17.3. The highest BCUT2D eigenvalue weighted by Crippen LogP contribution is 2.24. The molecule has 172 valence electrons. The molecular weight excluding hydrogens is 428 g/mol. The molecule has 0 fully saturated rings. The van der Waals surface area contributed by atoms with Crippen LogP contribution in [0.15, 0.2) is 70.9 Å². The van der Waals surface area contributed by atoms with Gasteiger partial charge in [0, 0.05) is 29.9 Å². The summed E-state index contributed by atoms with van der Waals surface area (Å²) in [6, 6.07) is 20.5. The normalized spacial score (nSPS) is 13.1. The van der Waals surface area contributed by atoms with Gasteiger partial charge in [0.25, 0.3) is 0 Å². The minimum atomic E-state index is -1.82. The van der Waals surface area contributed by atoms with E-state index in [2.05, 4.69) is 72.9 Å². The van der Waals surface area contributed by atoms with Crippen molar-refractivity contribution in [1.82, 2.24) is 0 Å². The second-order valence-corrected chi connectivity index (χ2v) is 19.7. The third kappa shape index (κ3) is 7.87. The highest BCUT2D eigenvalue weighted by atomic mass is 28.3. The van der Waals surface area contributed by atoms with E-state index < -0.39 is 16.5 Å². The first-order valence-corrected chi connectivity index (χ1v) is 18.1. The van der Waals surface area contributed by atoms with Crippen LogP contribution in [0.2, 0.25) is 39.3 Å². The molecule has 0 N–H and O–H groups in total. The molecule has 2 rings (SSSR count). The molecule has 2 aromatic carbocycles. The minimum Gasteiger partial charge on any atom is -0.300 e. The molecule has 0 atom stereocenters. The molecule has 5 nitrogen and oxygen atoms in total. The Labute approximate surface area is 196 Å². The fourth-order valence-corrected chi connectivity index (χ4v) is 6.15. The Balaban J connectivity index is 2.43. The summed E-state index contributed by atoms with van der Waals surface area (Å²) in [5, 5.41) is 10.1. The maximum Gasteiger partial charge on any atom is 0.176 e. The van der Waals surface area contributed by atoms with Crippen LogP contribution in [0.4, 0.5) is 11.4 Å². The maximum atomic E-state index is 12.1. The molecule has 0 aliphatic rings. The molecule has 0 saturated carbocycles. The van der Waals surface area contributed by atoms with Crippen molar-refractivity contribution >= 4 is 45.1 Å². The monoisotopic (exact) mass is 466 g/mol. The van der Waals surface area contributed by atoms with Gasteiger partial charge in [-0.15, -0.1) is 0 Å². The van der Waals surface area contributed by atoms with Crippen LogP contribution in [0.3, 0.4) is 0 Å². The Hall–Kier alpha value is -2.52. The molecule has 0 aliphatic carbocycles. The Morgan fingerprint density at radius 1 is 0.688 bits per heavy atom. The number of hydrazone groups is 2. The lowest BCUT2D eigenvalue weighted by Crippen LogP contribution is -2.44. The van der Waals surface area contributed by atoms with Crippen LogP contribution in [0.1, 0.15) is 26.7 Å². The third-order valence-corrected chi connectivity index (χ3v) is 7.96. The number of anilines is 2. The Morgan fingerprint density at radius 2 is 1.09 bits per heavy atom. The summed E-state index contributed by atoms with van der Waals surface area (Å²) in [6.07, 6.45) is 0.903. The van der Waals surface area contributed by atoms with Gasteiger partial charge >= 0.3 is 0 Å². The van der Waals surface area contributed by atoms with Crippen molar-refractivity contribution in [2.45, 2.75) is 66.0 Å². The predicted molar refractivity (Wildman–Crippen MR) is 145 cm³/mol. The number of carbonyl (C=O) groups excluding carboxylic acids is 1. The lowest BCUT2D eigenvalue weighted by Gasteiger charge is -2.33. The number of para-hydroxylation sites is 2. The van der Waals surface area contributed by atoms with Gasteiger partial charge in [0.2, 0.25) is 0 Å². The van der Waals surface area contributed by atoms with Gasteiger partial charge in [0.15, 0.2) is 16.5 Å². The predicted octanol–water partition coefficient (Wildman–Crippen LogP) is 6.77. The highest BCUT2D eigenvalue weighted by Gasteiger charge is 2.27. The van der Waals surface area contributed by atoms with Gasteiger partial charge in [0.05, 0.1) is 5.71 Å². The van der Waals surface area contributed by atoms with Crippen molar-refractivity contribution in [2.75, 3.05) is 9.35 Å². The standard InChI is InChI=1S/C25H38N4OSi2/c1-21(26-28(31(3,4)5)24-15-11-9-12-16-24)19-23(20-22(2)30)27-29(32(6,7)8)25-17-13-10-14-18-25/h9-18H,19-20H2,1-8H3. The summed E-state index contributed by atoms with van der Waals surface area (Å²) >= 11 is 0. The Kier molecular flexibility index (Phi) is 8.75. The number of carbonyl (C=O) groups is 1. The molecule has 32 heavy (non-hydrogen) atoms. The van der Waals surface area contributed by atoms with Gasteiger partial charge in [0.1, 0.15) is 5.78 Å². The maximum absolute atomic E-state index is 12.1. The first-order valence-electron chi connectivity index (χ1n) is 11.2. The topological polar surface area (TPSA) is 48.3 Å². The fourth-order valence-electron chi connectivity index (χ4n) is 3.39. The molecule has 0 heterocycles. The molecule has 0 aromatic heterocycles. The minimum absolute atomic E-state index is 0.116. The lowest BCUT2D eigenvalue weighted by molar-refractivity contribution is -0.115. The number of hydrogen-bond donors (Lipinski definition) is 0. The third-order valence-electron chi connectivity index (χ3n) is 4.70. The molecule has 0 amide bonds. The number of ketones is 1. The first-order chi connectivity index (χ1) is 14.9. The quantitative estimate of drug-likeness (QED) is 0.220. The van der Waals surface area contributed by atoms with E-state index in [9.17, 15) is 4.79 Å². The molecule has 0 bridgehead atoms. The molecule has 7 heteroatoms. The van der Waals surface area contributed by atoms with Crippen LogP contribution in [-0.4, -0.2) is 33.7 Å². The van der Waals surface area contributed by atoms with E-state index in [0.29, 0.717) is 12.8 Å². The van der Waals surface area contributed by atoms with Gasteiger partial charge in [-0.1, -0.05) is 36.4 Å². The molecular formula is C25H38N4OSi2. The van der Waals surface area contributed by atoms with E-state index in [0.717, 1.165) is 22.8 Å². The molecule has 0 radical (unpaired) electrons. The lowest BCUT2D eigenvalue weighted by atomic mass is 10.1. The summed E-state index contributed by atoms with van der Waals surface area (Å²) in [7, 11) is -3.57. The van der Waals surface area contributed by atoms with Gasteiger partial charge in [-0.3, -0.25) is 14.1 Å². The van der Waals surface area contributed by atoms with Gasteiger partial charge in [-0.2, -0.15) is 10.2 Å². The van der Waals surface area contributed by atoms with Crippen molar-refractivity contribution in [1.29, 1.82) is 0 Å². The van der Waals surface area contributed by atoms with Crippen LogP contribution in [0, 0.1) is 0 Å². The second kappa shape index (κ2) is 10.9. The van der Waals surface area contributed by atoms with Gasteiger partial charge in [-0.25, -0.2) is 0 Å². The number of rotatable bonds is 10. The zero-order valence-corrected chi connectivity index (χ0v) is 22.9. The van der Waals surface area contributed by atoms with Gasteiger partial charge in [-0.05, 0) is 77.4 Å². The fraction of sp³-hybridized carbons (Fsp3) is 0.400. The molecule has 0 saturated heterocycles. The summed E-state index contributed by atoms with van der Waals surface area (Å²) in [4.78, 5) is 12.1. The van der Waals surface area contributed by atoms with Crippen LogP contribution in [0.25, 0.3) is 0 Å². The smallest absolute Gasteiger partial charge is 0.176 e. The SMILES string of the molecule is CC(=O)CC(CC(C)=NN(c1ccccc1)[Si](C)(C)C)=NN(c1ccccc1)[Si](C)(C)C. The number of benzene rings is 2. The van der Waals surface area contributed by atoms with Crippen molar-refractivity contribution < 1.29 is 4.79 Å². The average Bonchev–Trinajstić information content (AvgIpc) is 2.69. The second-order valence-electron chi connectivity index (χ2n) is 10.2. The number of nitrogens with zero attached hydrogens (tertiary/aromatic N) is 4. The van der Waals surface area contributed by atoms with E-state index in [1.165, 1.54) is 0 Å². The highest BCUT2D eigenvalue weighted by molar-refractivity contribution is 6.80. The van der Waals surface area contributed by atoms with Crippen molar-refractivity contribution in [3.63, 3.8) is 0 Å². The van der Waals surface area contributed by atoms with E-state index >= 15 is 0 Å². The van der Waals surface area contributed by atoms with Crippen molar-refractivity contribution in [3.05, 3.63) is 60.7 Å². The Bertz CT molecular complexity index is 945. The first kappa shape index (κ1) is 25.7. The van der Waals surface area contributed by atoms with Crippen LogP contribution < -0.4 is 9.35 Å². The molecule has 2 aromatic rings. The summed E-state index contributed by atoms with van der Waals surface area (Å²) < 4.78 is 4.33. The van der Waals surface area contributed by atoms with E-state index in [1.807, 2.05) is 43.3 Å². The van der Waals surface area contributed by atoms with Crippen LogP contribution in [-0.2, 0) is 4.79 Å². The largest absolute Gasteiger partial charge is 0.300 e. The molecule has 0 aliphatic heterocycles. The van der Waals surface area contributed by atoms with Crippen LogP contribution >= 0.6 is 0 Å². The zero-order valence-electron chi connectivity index (χ0n) is 20.9. The van der Waals surface area contributed by atoms with E-state index in [-0.39, 0.29) is 5.78 Å². The zero-order chi connectivity index (χ0) is 23.9. The van der Waals surface area contributed by atoms with E-state index in [1.54, 1.807) is 6.92 Å². The molecule has 0 unspecified atom stereocenters. The average molecular weight is 467 g/mol.